The van der Waals surface area contributed by atoms with Crippen LogP contribution in [0.4, 0.5) is 4.79 Å². The van der Waals surface area contributed by atoms with Crippen molar-refractivity contribution in [2.75, 3.05) is 19.9 Å². The standard InChI is InChI=1S/C17H18N2O5S/c1-2-3-6-18-15(20)9-19-16(21)14(25-17(19)22)8-11-4-5-12-13(7-11)24-10-23-12/h4-5,7-8H,2-3,6,9-10H2,1H3,(H,18,20)/b14-8-. The molecule has 0 radical (unpaired) electrons. The summed E-state index contributed by atoms with van der Waals surface area (Å²) in [5, 5.41) is 2.26. The molecule has 7 nitrogen and oxygen atoms in total. The van der Waals surface area contributed by atoms with Gasteiger partial charge in [0.15, 0.2) is 11.5 Å². The highest BCUT2D eigenvalue weighted by atomic mass is 32.2. The zero-order chi connectivity index (χ0) is 17.8. The van der Waals surface area contributed by atoms with Crippen LogP contribution in [0, 0.1) is 0 Å². The van der Waals surface area contributed by atoms with E-state index in [2.05, 4.69) is 5.32 Å². The second-order valence-corrected chi connectivity index (χ2v) is 6.58. The molecule has 0 bridgehead atoms. The molecule has 132 valence electrons. The number of carbonyl (C=O) groups excluding carboxylic acids is 3. The number of rotatable bonds is 6. The third kappa shape index (κ3) is 3.96. The second-order valence-electron chi connectivity index (χ2n) is 5.58. The van der Waals surface area contributed by atoms with E-state index in [4.69, 9.17) is 9.47 Å². The highest BCUT2D eigenvalue weighted by Gasteiger charge is 2.36. The summed E-state index contributed by atoms with van der Waals surface area (Å²) in [6.07, 6.45) is 3.43. The molecule has 2 aliphatic heterocycles. The SMILES string of the molecule is CCCCNC(=O)CN1C(=O)S/C(=C\c2ccc3c(c2)OCO3)C1=O. The zero-order valence-electron chi connectivity index (χ0n) is 13.7. The van der Waals surface area contributed by atoms with E-state index in [-0.39, 0.29) is 24.2 Å². The fourth-order valence-corrected chi connectivity index (χ4v) is 3.23. The lowest BCUT2D eigenvalue weighted by atomic mass is 10.2. The predicted octanol–water partition coefficient (Wildman–Crippen LogP) is 2.37. The molecule has 8 heteroatoms. The molecule has 1 fully saturated rings. The van der Waals surface area contributed by atoms with Crippen LogP contribution in [-0.4, -0.2) is 41.8 Å². The Balaban J connectivity index is 1.67. The number of nitrogens with one attached hydrogen (secondary N) is 1. The lowest BCUT2D eigenvalue weighted by Gasteiger charge is -2.12. The maximum absolute atomic E-state index is 12.4. The normalized spacial score (nSPS) is 17.5. The van der Waals surface area contributed by atoms with Crippen molar-refractivity contribution in [1.82, 2.24) is 10.2 Å². The lowest BCUT2D eigenvalue weighted by molar-refractivity contribution is -0.129. The zero-order valence-corrected chi connectivity index (χ0v) is 14.6. The molecule has 2 heterocycles. The Labute approximate surface area is 149 Å². The molecule has 1 aromatic rings. The number of thioether (sulfide) groups is 1. The molecule has 25 heavy (non-hydrogen) atoms. The van der Waals surface area contributed by atoms with Crippen molar-refractivity contribution < 1.29 is 23.9 Å². The summed E-state index contributed by atoms with van der Waals surface area (Å²) in [4.78, 5) is 37.5. The summed E-state index contributed by atoms with van der Waals surface area (Å²) >= 11 is 0.827. The van der Waals surface area contributed by atoms with Crippen LogP contribution in [0.15, 0.2) is 23.1 Å². The number of nitrogens with zero attached hydrogens (tertiary/aromatic N) is 1. The van der Waals surface area contributed by atoms with Crippen molar-refractivity contribution in [2.45, 2.75) is 19.8 Å². The average molecular weight is 362 g/mol. The Bertz CT molecular complexity index is 747. The van der Waals surface area contributed by atoms with Crippen LogP contribution in [0.2, 0.25) is 0 Å². The van der Waals surface area contributed by atoms with Crippen LogP contribution in [0.3, 0.4) is 0 Å². The Morgan fingerprint density at radius 2 is 2.12 bits per heavy atom. The van der Waals surface area contributed by atoms with E-state index in [1.807, 2.05) is 6.92 Å². The number of carbonyl (C=O) groups is 3. The second kappa shape index (κ2) is 7.60. The maximum Gasteiger partial charge on any atom is 0.294 e. The van der Waals surface area contributed by atoms with E-state index in [0.29, 0.717) is 18.0 Å². The Hall–Kier alpha value is -2.48. The molecule has 0 saturated carbocycles. The van der Waals surface area contributed by atoms with Gasteiger partial charge in [-0.2, -0.15) is 0 Å². The van der Waals surface area contributed by atoms with Gasteiger partial charge in [-0.3, -0.25) is 19.3 Å². The molecule has 0 atom stereocenters. The number of benzene rings is 1. The number of ether oxygens (including phenoxy) is 2. The van der Waals surface area contributed by atoms with Crippen LogP contribution in [-0.2, 0) is 9.59 Å². The molecule has 0 aromatic heterocycles. The predicted molar refractivity (Wildman–Crippen MR) is 93.2 cm³/mol. The number of imide groups is 1. The molecular formula is C17H18N2O5S. The smallest absolute Gasteiger partial charge is 0.294 e. The fourth-order valence-electron chi connectivity index (χ4n) is 2.39. The van der Waals surface area contributed by atoms with Crippen LogP contribution in [0.25, 0.3) is 6.08 Å². The molecule has 3 rings (SSSR count). The van der Waals surface area contributed by atoms with Gasteiger partial charge in [-0.15, -0.1) is 0 Å². The van der Waals surface area contributed by atoms with E-state index >= 15 is 0 Å². The van der Waals surface area contributed by atoms with Crippen molar-refractivity contribution in [3.05, 3.63) is 28.7 Å². The Morgan fingerprint density at radius 3 is 2.92 bits per heavy atom. The van der Waals surface area contributed by atoms with Gasteiger partial charge in [-0.05, 0) is 42.0 Å². The minimum atomic E-state index is -0.460. The van der Waals surface area contributed by atoms with Crippen LogP contribution in [0.5, 0.6) is 11.5 Å². The monoisotopic (exact) mass is 362 g/mol. The van der Waals surface area contributed by atoms with E-state index in [1.165, 1.54) is 0 Å². The van der Waals surface area contributed by atoms with Crippen molar-refractivity contribution >= 4 is 34.9 Å². The molecule has 0 spiro atoms. The van der Waals surface area contributed by atoms with Gasteiger partial charge in [0.1, 0.15) is 6.54 Å². The number of hydrogen-bond acceptors (Lipinski definition) is 6. The fraction of sp³-hybridized carbons (Fsp3) is 0.353. The maximum atomic E-state index is 12.4. The topological polar surface area (TPSA) is 84.9 Å². The molecule has 1 aromatic carbocycles. The molecule has 0 unspecified atom stereocenters. The van der Waals surface area contributed by atoms with Crippen LogP contribution < -0.4 is 14.8 Å². The number of fused-ring (bicyclic) bond motifs is 1. The first kappa shape index (κ1) is 17.3. The van der Waals surface area contributed by atoms with Gasteiger partial charge in [-0.1, -0.05) is 19.4 Å². The summed E-state index contributed by atoms with van der Waals surface area (Å²) in [5.74, 6) is 0.454. The van der Waals surface area contributed by atoms with E-state index in [1.54, 1.807) is 24.3 Å². The summed E-state index contributed by atoms with van der Waals surface area (Å²) in [6, 6.07) is 5.27. The number of amides is 3. The van der Waals surface area contributed by atoms with Gasteiger partial charge in [0.2, 0.25) is 12.7 Å². The molecular weight excluding hydrogens is 344 g/mol. The minimum Gasteiger partial charge on any atom is -0.454 e. The molecule has 3 amide bonds. The van der Waals surface area contributed by atoms with Crippen molar-refractivity contribution in [3.8, 4) is 11.5 Å². The average Bonchev–Trinajstić information content (AvgIpc) is 3.15. The first-order valence-corrected chi connectivity index (χ1v) is 8.82. The van der Waals surface area contributed by atoms with Crippen molar-refractivity contribution in [3.63, 3.8) is 0 Å². The van der Waals surface area contributed by atoms with Gasteiger partial charge >= 0.3 is 0 Å². The van der Waals surface area contributed by atoms with Crippen molar-refractivity contribution in [1.29, 1.82) is 0 Å². The van der Waals surface area contributed by atoms with Crippen molar-refractivity contribution in [2.24, 2.45) is 0 Å². The number of unbranched alkanes of at least 4 members (excludes halogenated alkanes) is 1. The van der Waals surface area contributed by atoms with Gasteiger partial charge in [0.25, 0.3) is 11.1 Å². The molecule has 1 saturated heterocycles. The Kier molecular flexibility index (Phi) is 5.28. The van der Waals surface area contributed by atoms with E-state index in [0.717, 1.165) is 35.1 Å². The number of hydrogen-bond donors (Lipinski definition) is 1. The Morgan fingerprint density at radius 1 is 1.32 bits per heavy atom. The quantitative estimate of drug-likeness (QED) is 0.618. The van der Waals surface area contributed by atoms with E-state index in [9.17, 15) is 14.4 Å². The van der Waals surface area contributed by atoms with Gasteiger partial charge in [0, 0.05) is 6.54 Å². The van der Waals surface area contributed by atoms with Crippen LogP contribution in [0.1, 0.15) is 25.3 Å². The third-order valence-corrected chi connectivity index (χ3v) is 4.63. The highest BCUT2D eigenvalue weighted by Crippen LogP contribution is 2.36. The van der Waals surface area contributed by atoms with Gasteiger partial charge < -0.3 is 14.8 Å². The summed E-state index contributed by atoms with van der Waals surface area (Å²) in [6.45, 7) is 2.47. The summed E-state index contributed by atoms with van der Waals surface area (Å²) < 4.78 is 10.5. The first-order valence-electron chi connectivity index (χ1n) is 8.00. The first-order chi connectivity index (χ1) is 12.1. The molecule has 1 N–H and O–H groups in total. The van der Waals surface area contributed by atoms with Gasteiger partial charge in [0.05, 0.1) is 4.91 Å². The third-order valence-electron chi connectivity index (χ3n) is 3.72. The summed E-state index contributed by atoms with van der Waals surface area (Å²) in [7, 11) is 0. The lowest BCUT2D eigenvalue weighted by Crippen LogP contribution is -2.39. The van der Waals surface area contributed by atoms with E-state index < -0.39 is 11.1 Å². The summed E-state index contributed by atoms with van der Waals surface area (Å²) in [5.41, 5.74) is 0.724. The minimum absolute atomic E-state index is 0.169. The largest absolute Gasteiger partial charge is 0.454 e. The molecule has 2 aliphatic rings. The van der Waals surface area contributed by atoms with Crippen LogP contribution >= 0.6 is 11.8 Å². The van der Waals surface area contributed by atoms with Gasteiger partial charge in [-0.25, -0.2) is 0 Å². The highest BCUT2D eigenvalue weighted by molar-refractivity contribution is 8.18. The molecule has 0 aliphatic carbocycles.